The number of amides is 1. The molecule has 0 heterocycles. The fraction of sp³-hybridized carbons (Fsp3) is 0.150. The molecule has 122 valence electrons. The molecule has 4 nitrogen and oxygen atoms in total. The molecule has 24 heavy (non-hydrogen) atoms. The van der Waals surface area contributed by atoms with E-state index >= 15 is 0 Å². The lowest BCUT2D eigenvalue weighted by Gasteiger charge is -2.15. The monoisotopic (exact) mass is 321 g/mol. The number of hydrogen-bond acceptors (Lipinski definition) is 3. The van der Waals surface area contributed by atoms with Crippen molar-refractivity contribution in [3.63, 3.8) is 0 Å². The predicted molar refractivity (Wildman–Crippen MR) is 95.7 cm³/mol. The summed E-state index contributed by atoms with van der Waals surface area (Å²) in [5.41, 5.74) is 0.674. The fourth-order valence-electron chi connectivity index (χ4n) is 2.44. The zero-order chi connectivity index (χ0) is 16.9. The van der Waals surface area contributed by atoms with Crippen LogP contribution >= 0.6 is 0 Å². The zero-order valence-corrected chi connectivity index (χ0v) is 13.7. The van der Waals surface area contributed by atoms with E-state index in [1.165, 1.54) is 0 Å². The molecule has 4 heteroatoms. The SMILES string of the molecule is COc1cccc(NC(=O)[C@H](C)Oc2ccc3ccccc3c2)c1. The zero-order valence-electron chi connectivity index (χ0n) is 13.7. The van der Waals surface area contributed by atoms with E-state index in [2.05, 4.69) is 5.32 Å². The molecule has 0 saturated heterocycles. The third-order valence-electron chi connectivity index (χ3n) is 3.74. The van der Waals surface area contributed by atoms with Gasteiger partial charge in [0.25, 0.3) is 5.91 Å². The van der Waals surface area contributed by atoms with E-state index < -0.39 is 6.10 Å². The Morgan fingerprint density at radius 1 is 0.917 bits per heavy atom. The molecule has 0 bridgehead atoms. The maximum atomic E-state index is 12.3. The Kier molecular flexibility index (Phi) is 4.66. The molecule has 0 aliphatic carbocycles. The number of fused-ring (bicyclic) bond motifs is 1. The van der Waals surface area contributed by atoms with Crippen LogP contribution in [-0.4, -0.2) is 19.1 Å². The second-order valence-corrected chi connectivity index (χ2v) is 5.49. The maximum absolute atomic E-state index is 12.3. The Morgan fingerprint density at radius 2 is 1.71 bits per heavy atom. The quantitative estimate of drug-likeness (QED) is 0.764. The summed E-state index contributed by atoms with van der Waals surface area (Å²) in [6, 6.07) is 21.0. The maximum Gasteiger partial charge on any atom is 0.265 e. The van der Waals surface area contributed by atoms with E-state index in [0.29, 0.717) is 17.2 Å². The van der Waals surface area contributed by atoms with E-state index in [0.717, 1.165) is 10.8 Å². The van der Waals surface area contributed by atoms with Gasteiger partial charge in [-0.05, 0) is 42.0 Å². The second-order valence-electron chi connectivity index (χ2n) is 5.49. The summed E-state index contributed by atoms with van der Waals surface area (Å²) < 4.78 is 10.9. The van der Waals surface area contributed by atoms with Crippen molar-refractivity contribution in [1.29, 1.82) is 0 Å². The Bertz CT molecular complexity index is 860. The number of anilines is 1. The van der Waals surface area contributed by atoms with Gasteiger partial charge in [0.15, 0.2) is 6.10 Å². The second kappa shape index (κ2) is 7.04. The van der Waals surface area contributed by atoms with E-state index in [4.69, 9.17) is 9.47 Å². The van der Waals surface area contributed by atoms with Crippen molar-refractivity contribution in [2.24, 2.45) is 0 Å². The van der Waals surface area contributed by atoms with Gasteiger partial charge < -0.3 is 14.8 Å². The van der Waals surface area contributed by atoms with Crippen molar-refractivity contribution < 1.29 is 14.3 Å². The normalized spacial score (nSPS) is 11.8. The van der Waals surface area contributed by atoms with E-state index in [1.54, 1.807) is 20.1 Å². The minimum absolute atomic E-state index is 0.212. The van der Waals surface area contributed by atoms with Gasteiger partial charge in [-0.3, -0.25) is 4.79 Å². The van der Waals surface area contributed by atoms with Crippen LogP contribution in [0.25, 0.3) is 10.8 Å². The van der Waals surface area contributed by atoms with Gasteiger partial charge in [-0.2, -0.15) is 0 Å². The van der Waals surface area contributed by atoms with Gasteiger partial charge in [-0.25, -0.2) is 0 Å². The van der Waals surface area contributed by atoms with Crippen molar-refractivity contribution in [1.82, 2.24) is 0 Å². The Balaban J connectivity index is 1.68. The standard InChI is InChI=1S/C20H19NO3/c1-14(20(22)21-17-8-5-9-18(13-17)23-2)24-19-11-10-15-6-3-4-7-16(15)12-19/h3-14H,1-2H3,(H,21,22)/t14-/m0/s1. The molecular weight excluding hydrogens is 302 g/mol. The summed E-state index contributed by atoms with van der Waals surface area (Å²) in [5.74, 6) is 1.15. The third kappa shape index (κ3) is 3.66. The Morgan fingerprint density at radius 3 is 2.50 bits per heavy atom. The minimum Gasteiger partial charge on any atom is -0.497 e. The summed E-state index contributed by atoms with van der Waals surface area (Å²) in [6.07, 6.45) is -0.614. The van der Waals surface area contributed by atoms with Crippen molar-refractivity contribution in [2.75, 3.05) is 12.4 Å². The number of carbonyl (C=O) groups is 1. The highest BCUT2D eigenvalue weighted by atomic mass is 16.5. The number of nitrogens with one attached hydrogen (secondary N) is 1. The molecule has 0 aromatic heterocycles. The first-order valence-corrected chi connectivity index (χ1v) is 7.76. The number of methoxy groups -OCH3 is 1. The molecule has 0 aliphatic rings. The number of benzene rings is 3. The summed E-state index contributed by atoms with van der Waals surface area (Å²) in [4.78, 5) is 12.3. The molecule has 0 radical (unpaired) electrons. The van der Waals surface area contributed by atoms with Gasteiger partial charge in [-0.1, -0.05) is 36.4 Å². The lowest BCUT2D eigenvalue weighted by molar-refractivity contribution is -0.122. The van der Waals surface area contributed by atoms with Crippen LogP contribution in [0, 0.1) is 0 Å². The largest absolute Gasteiger partial charge is 0.497 e. The number of hydrogen-bond donors (Lipinski definition) is 1. The Labute approximate surface area is 141 Å². The van der Waals surface area contributed by atoms with Crippen molar-refractivity contribution in [2.45, 2.75) is 13.0 Å². The lowest BCUT2D eigenvalue weighted by atomic mass is 10.1. The highest BCUT2D eigenvalue weighted by Gasteiger charge is 2.15. The molecule has 0 fully saturated rings. The fourth-order valence-corrected chi connectivity index (χ4v) is 2.44. The van der Waals surface area contributed by atoms with Gasteiger partial charge in [-0.15, -0.1) is 0 Å². The van der Waals surface area contributed by atoms with Crippen molar-refractivity contribution >= 4 is 22.4 Å². The predicted octanol–water partition coefficient (Wildman–Crippen LogP) is 4.25. The average Bonchev–Trinajstić information content (AvgIpc) is 2.61. The minimum atomic E-state index is -0.614. The number of carbonyl (C=O) groups excluding carboxylic acids is 1. The van der Waals surface area contributed by atoms with Gasteiger partial charge in [0.2, 0.25) is 0 Å². The van der Waals surface area contributed by atoms with E-state index in [9.17, 15) is 4.79 Å². The van der Waals surface area contributed by atoms with Crippen molar-refractivity contribution in [3.05, 3.63) is 66.7 Å². The van der Waals surface area contributed by atoms with Crippen LogP contribution in [0.15, 0.2) is 66.7 Å². The molecule has 1 atom stereocenters. The first-order valence-electron chi connectivity index (χ1n) is 7.76. The van der Waals surface area contributed by atoms with Gasteiger partial charge in [0, 0.05) is 11.8 Å². The summed E-state index contributed by atoms with van der Waals surface area (Å²) in [7, 11) is 1.59. The first kappa shape index (κ1) is 15.9. The van der Waals surface area contributed by atoms with Crippen LogP contribution in [0.1, 0.15) is 6.92 Å². The van der Waals surface area contributed by atoms with Crippen LogP contribution in [0.3, 0.4) is 0 Å². The van der Waals surface area contributed by atoms with E-state index in [1.807, 2.05) is 60.7 Å². The molecule has 0 aliphatic heterocycles. The molecule has 1 amide bonds. The van der Waals surface area contributed by atoms with Crippen LogP contribution < -0.4 is 14.8 Å². The lowest BCUT2D eigenvalue weighted by Crippen LogP contribution is -2.30. The van der Waals surface area contributed by atoms with Crippen molar-refractivity contribution in [3.8, 4) is 11.5 Å². The molecule has 1 N–H and O–H groups in total. The average molecular weight is 321 g/mol. The number of rotatable bonds is 5. The van der Waals surface area contributed by atoms with Gasteiger partial charge in [0.05, 0.1) is 7.11 Å². The molecule has 0 saturated carbocycles. The van der Waals surface area contributed by atoms with Crippen LogP contribution in [0.5, 0.6) is 11.5 Å². The van der Waals surface area contributed by atoms with Crippen LogP contribution in [0.4, 0.5) is 5.69 Å². The molecule has 3 aromatic rings. The van der Waals surface area contributed by atoms with Gasteiger partial charge >= 0.3 is 0 Å². The Hall–Kier alpha value is -3.01. The highest BCUT2D eigenvalue weighted by molar-refractivity contribution is 5.94. The summed E-state index contributed by atoms with van der Waals surface area (Å²) in [5, 5.41) is 5.05. The molecule has 3 aromatic carbocycles. The molecule has 3 rings (SSSR count). The summed E-state index contributed by atoms with van der Waals surface area (Å²) >= 11 is 0. The first-order chi connectivity index (χ1) is 11.7. The smallest absolute Gasteiger partial charge is 0.265 e. The topological polar surface area (TPSA) is 47.6 Å². The highest BCUT2D eigenvalue weighted by Crippen LogP contribution is 2.22. The van der Waals surface area contributed by atoms with Gasteiger partial charge in [0.1, 0.15) is 11.5 Å². The molecule has 0 unspecified atom stereocenters. The third-order valence-corrected chi connectivity index (χ3v) is 3.74. The molecular formula is C20H19NO3. The van der Waals surface area contributed by atoms with Crippen LogP contribution in [-0.2, 0) is 4.79 Å². The molecule has 0 spiro atoms. The number of ether oxygens (including phenoxy) is 2. The van der Waals surface area contributed by atoms with Crippen LogP contribution in [0.2, 0.25) is 0 Å². The van der Waals surface area contributed by atoms with E-state index in [-0.39, 0.29) is 5.91 Å². The summed E-state index contributed by atoms with van der Waals surface area (Å²) in [6.45, 7) is 1.73.